The van der Waals surface area contributed by atoms with E-state index < -0.39 is 12.2 Å². The lowest BCUT2D eigenvalue weighted by Gasteiger charge is -2.16. The summed E-state index contributed by atoms with van der Waals surface area (Å²) in [5.74, 6) is -0.270. The molecule has 0 aromatic heterocycles. The summed E-state index contributed by atoms with van der Waals surface area (Å²) in [6.07, 6.45) is -2.27. The van der Waals surface area contributed by atoms with Crippen LogP contribution in [0.5, 0.6) is 0 Å². The number of nitriles is 1. The van der Waals surface area contributed by atoms with Crippen LogP contribution in [0.4, 0.5) is 0 Å². The summed E-state index contributed by atoms with van der Waals surface area (Å²) in [7, 11) is 0. The quantitative estimate of drug-likeness (QED) is 0.628. The van der Waals surface area contributed by atoms with Gasteiger partial charge in [0.2, 0.25) is 0 Å². The van der Waals surface area contributed by atoms with Crippen molar-refractivity contribution in [2.75, 3.05) is 6.54 Å². The number of nitrogens with two attached hydrogens (primary N) is 1. The predicted octanol–water partition coefficient (Wildman–Crippen LogP) is 0.136. The van der Waals surface area contributed by atoms with E-state index in [4.69, 9.17) is 11.0 Å². The van der Waals surface area contributed by atoms with Gasteiger partial charge in [-0.15, -0.1) is 0 Å². The van der Waals surface area contributed by atoms with Gasteiger partial charge in [-0.25, -0.2) is 0 Å². The van der Waals surface area contributed by atoms with E-state index in [1.165, 1.54) is 24.3 Å². The van der Waals surface area contributed by atoms with Crippen molar-refractivity contribution in [3.63, 3.8) is 0 Å². The average molecular weight is 234 g/mol. The van der Waals surface area contributed by atoms with Gasteiger partial charge in [0.15, 0.2) is 5.78 Å². The fourth-order valence-electron chi connectivity index (χ4n) is 1.39. The fraction of sp³-hybridized carbons (Fsp3) is 0.333. The van der Waals surface area contributed by atoms with Gasteiger partial charge in [0, 0.05) is 12.1 Å². The Morgan fingerprint density at radius 2 is 1.94 bits per heavy atom. The number of rotatable bonds is 5. The van der Waals surface area contributed by atoms with Gasteiger partial charge in [-0.1, -0.05) is 24.3 Å². The topological polar surface area (TPSA) is 107 Å². The third-order valence-electron chi connectivity index (χ3n) is 2.42. The molecule has 0 aliphatic heterocycles. The average Bonchev–Trinajstić information content (AvgIpc) is 2.37. The molecule has 0 saturated carbocycles. The molecule has 0 radical (unpaired) electrons. The van der Waals surface area contributed by atoms with Crippen LogP contribution in [0.3, 0.4) is 0 Å². The van der Waals surface area contributed by atoms with Crippen molar-refractivity contribution in [3.8, 4) is 6.07 Å². The van der Waals surface area contributed by atoms with Gasteiger partial charge in [0.05, 0.1) is 18.6 Å². The zero-order chi connectivity index (χ0) is 12.8. The standard InChI is InChI=1S/C12H14N2O3/c13-6-5-10(15)8-1-3-9(4-2-8)12(17)11(16)7-14/h1-4,11-12,16-17H,5,7,14H2. The first-order chi connectivity index (χ1) is 8.10. The highest BCUT2D eigenvalue weighted by atomic mass is 16.3. The molecule has 5 nitrogen and oxygen atoms in total. The number of nitrogens with zero attached hydrogens (tertiary/aromatic N) is 1. The molecule has 5 heteroatoms. The third kappa shape index (κ3) is 3.36. The molecule has 17 heavy (non-hydrogen) atoms. The van der Waals surface area contributed by atoms with E-state index in [2.05, 4.69) is 0 Å². The summed E-state index contributed by atoms with van der Waals surface area (Å²) >= 11 is 0. The Hall–Kier alpha value is -1.74. The maximum Gasteiger partial charge on any atom is 0.176 e. The number of Topliss-reactive ketones (excluding diaryl/α,β-unsaturated/α-hetero) is 1. The van der Waals surface area contributed by atoms with E-state index in [1.807, 2.05) is 0 Å². The number of hydrogen-bond donors (Lipinski definition) is 3. The lowest BCUT2D eigenvalue weighted by atomic mass is 10.0. The first-order valence-electron chi connectivity index (χ1n) is 5.16. The predicted molar refractivity (Wildman–Crippen MR) is 61.0 cm³/mol. The Balaban J connectivity index is 2.81. The van der Waals surface area contributed by atoms with Crippen LogP contribution in [0, 0.1) is 11.3 Å². The Morgan fingerprint density at radius 3 is 2.41 bits per heavy atom. The Kier molecular flexibility index (Phi) is 4.79. The minimum absolute atomic E-state index is 0.0454. The zero-order valence-electron chi connectivity index (χ0n) is 9.21. The molecule has 0 spiro atoms. The molecule has 1 aromatic rings. The van der Waals surface area contributed by atoms with Crippen LogP contribution in [0.1, 0.15) is 28.4 Å². The molecule has 0 bridgehead atoms. The summed E-state index contributed by atoms with van der Waals surface area (Å²) in [4.78, 5) is 11.4. The molecular formula is C12H14N2O3. The minimum atomic E-state index is -1.07. The molecule has 0 aliphatic carbocycles. The Morgan fingerprint density at radius 1 is 1.35 bits per heavy atom. The van der Waals surface area contributed by atoms with Crippen LogP contribution in [-0.2, 0) is 0 Å². The van der Waals surface area contributed by atoms with Crippen LogP contribution < -0.4 is 5.73 Å². The molecule has 2 atom stereocenters. The highest BCUT2D eigenvalue weighted by molar-refractivity contribution is 5.97. The summed E-state index contributed by atoms with van der Waals surface area (Å²) in [5.41, 5.74) is 6.12. The molecule has 4 N–H and O–H groups in total. The molecule has 0 fully saturated rings. The first kappa shape index (κ1) is 13.3. The fourth-order valence-corrected chi connectivity index (χ4v) is 1.39. The number of aliphatic hydroxyl groups excluding tert-OH is 2. The van der Waals surface area contributed by atoms with Crippen LogP contribution in [0.25, 0.3) is 0 Å². The van der Waals surface area contributed by atoms with E-state index in [1.54, 1.807) is 6.07 Å². The molecule has 0 saturated heterocycles. The van der Waals surface area contributed by atoms with Gasteiger partial charge in [-0.2, -0.15) is 5.26 Å². The number of hydrogen-bond acceptors (Lipinski definition) is 5. The highest BCUT2D eigenvalue weighted by Gasteiger charge is 2.16. The smallest absolute Gasteiger partial charge is 0.176 e. The normalized spacial score (nSPS) is 13.8. The molecule has 2 unspecified atom stereocenters. The van der Waals surface area contributed by atoms with Crippen LogP contribution in [0.15, 0.2) is 24.3 Å². The van der Waals surface area contributed by atoms with Gasteiger partial charge >= 0.3 is 0 Å². The monoisotopic (exact) mass is 234 g/mol. The van der Waals surface area contributed by atoms with E-state index in [-0.39, 0.29) is 18.7 Å². The van der Waals surface area contributed by atoms with Crippen LogP contribution in [-0.4, -0.2) is 28.6 Å². The molecule has 0 aliphatic rings. The number of carbonyl (C=O) groups excluding carboxylic acids is 1. The van der Waals surface area contributed by atoms with E-state index in [0.29, 0.717) is 11.1 Å². The van der Waals surface area contributed by atoms with Crippen molar-refractivity contribution < 1.29 is 15.0 Å². The largest absolute Gasteiger partial charge is 0.389 e. The molecule has 90 valence electrons. The number of carbonyl (C=O) groups is 1. The Bertz CT molecular complexity index is 422. The number of ketones is 1. The molecule has 1 rings (SSSR count). The van der Waals surface area contributed by atoms with Gasteiger partial charge < -0.3 is 15.9 Å². The van der Waals surface area contributed by atoms with Gasteiger partial charge in [-0.3, -0.25) is 4.79 Å². The summed E-state index contributed by atoms with van der Waals surface area (Å²) in [6.45, 7) is -0.0454. The maximum atomic E-state index is 11.4. The van der Waals surface area contributed by atoms with Crippen molar-refractivity contribution in [2.24, 2.45) is 5.73 Å². The van der Waals surface area contributed by atoms with Crippen molar-refractivity contribution in [1.29, 1.82) is 5.26 Å². The van der Waals surface area contributed by atoms with E-state index in [0.717, 1.165) is 0 Å². The maximum absolute atomic E-state index is 11.4. The lowest BCUT2D eigenvalue weighted by Crippen LogP contribution is -2.27. The van der Waals surface area contributed by atoms with Gasteiger partial charge in [0.25, 0.3) is 0 Å². The van der Waals surface area contributed by atoms with Gasteiger partial charge in [0.1, 0.15) is 6.10 Å². The molecule has 0 heterocycles. The van der Waals surface area contributed by atoms with Crippen molar-refractivity contribution in [2.45, 2.75) is 18.6 Å². The Labute approximate surface area is 99.1 Å². The zero-order valence-corrected chi connectivity index (χ0v) is 9.21. The second kappa shape index (κ2) is 6.11. The van der Waals surface area contributed by atoms with Crippen LogP contribution >= 0.6 is 0 Å². The summed E-state index contributed by atoms with van der Waals surface area (Å²) in [5, 5.41) is 27.4. The first-order valence-corrected chi connectivity index (χ1v) is 5.16. The van der Waals surface area contributed by atoms with Crippen molar-refractivity contribution in [3.05, 3.63) is 35.4 Å². The highest BCUT2D eigenvalue weighted by Crippen LogP contribution is 2.17. The van der Waals surface area contributed by atoms with Crippen molar-refractivity contribution in [1.82, 2.24) is 0 Å². The molecule has 0 amide bonds. The second-order valence-electron chi connectivity index (χ2n) is 3.63. The number of benzene rings is 1. The van der Waals surface area contributed by atoms with Gasteiger partial charge in [-0.05, 0) is 5.56 Å². The summed E-state index contributed by atoms with van der Waals surface area (Å²) < 4.78 is 0. The minimum Gasteiger partial charge on any atom is -0.389 e. The van der Waals surface area contributed by atoms with E-state index >= 15 is 0 Å². The number of aliphatic hydroxyl groups is 2. The SMILES string of the molecule is N#CCC(=O)c1ccc(C(O)C(O)CN)cc1. The van der Waals surface area contributed by atoms with Crippen molar-refractivity contribution >= 4 is 5.78 Å². The van der Waals surface area contributed by atoms with E-state index in [9.17, 15) is 15.0 Å². The third-order valence-corrected chi connectivity index (χ3v) is 2.42. The van der Waals surface area contributed by atoms with Crippen LogP contribution in [0.2, 0.25) is 0 Å². The lowest BCUT2D eigenvalue weighted by molar-refractivity contribution is 0.0243. The summed E-state index contributed by atoms with van der Waals surface area (Å²) in [6, 6.07) is 7.88. The molecule has 1 aromatic carbocycles. The second-order valence-corrected chi connectivity index (χ2v) is 3.63. The molecular weight excluding hydrogens is 220 g/mol.